The summed E-state index contributed by atoms with van der Waals surface area (Å²) in [6.45, 7) is 6.96. The fourth-order valence-electron chi connectivity index (χ4n) is 3.35. The SMILES string of the molecule is CC(C)CC(=O)N1CCN(c2ccc(NC(=O)c3cccc(Cl)c3)cc2Cl)CC1. The number of amides is 2. The van der Waals surface area contributed by atoms with Crippen molar-refractivity contribution in [3.8, 4) is 0 Å². The summed E-state index contributed by atoms with van der Waals surface area (Å²) in [7, 11) is 0. The van der Waals surface area contributed by atoms with Crippen molar-refractivity contribution in [2.75, 3.05) is 36.4 Å². The lowest BCUT2D eigenvalue weighted by Crippen LogP contribution is -2.49. The van der Waals surface area contributed by atoms with E-state index < -0.39 is 0 Å². The van der Waals surface area contributed by atoms with Gasteiger partial charge in [0.05, 0.1) is 10.7 Å². The lowest BCUT2D eigenvalue weighted by Gasteiger charge is -2.36. The minimum Gasteiger partial charge on any atom is -0.367 e. The van der Waals surface area contributed by atoms with Crippen molar-refractivity contribution in [2.24, 2.45) is 5.92 Å². The summed E-state index contributed by atoms with van der Waals surface area (Å²) in [5, 5.41) is 3.92. The Labute approximate surface area is 181 Å². The molecule has 7 heteroatoms. The van der Waals surface area contributed by atoms with Gasteiger partial charge in [0.25, 0.3) is 5.91 Å². The van der Waals surface area contributed by atoms with E-state index in [2.05, 4.69) is 24.1 Å². The fourth-order valence-corrected chi connectivity index (χ4v) is 3.84. The molecule has 1 heterocycles. The van der Waals surface area contributed by atoms with Crippen LogP contribution in [0.1, 0.15) is 30.6 Å². The third-order valence-corrected chi connectivity index (χ3v) is 5.39. The van der Waals surface area contributed by atoms with Gasteiger partial charge in [0.2, 0.25) is 5.91 Å². The van der Waals surface area contributed by atoms with Gasteiger partial charge in [-0.2, -0.15) is 0 Å². The van der Waals surface area contributed by atoms with Gasteiger partial charge in [0, 0.05) is 48.9 Å². The van der Waals surface area contributed by atoms with Crippen LogP contribution in [0.3, 0.4) is 0 Å². The maximum Gasteiger partial charge on any atom is 0.255 e. The summed E-state index contributed by atoms with van der Waals surface area (Å²) in [6.07, 6.45) is 0.585. The van der Waals surface area contributed by atoms with Crippen LogP contribution < -0.4 is 10.2 Å². The standard InChI is InChI=1S/C22H25Cl2N3O2/c1-15(2)12-21(28)27-10-8-26(9-11-27)20-7-6-18(14-19(20)24)25-22(29)16-4-3-5-17(23)13-16/h3-7,13-15H,8-12H2,1-2H3,(H,25,29). The van der Waals surface area contributed by atoms with Crippen molar-refractivity contribution in [1.29, 1.82) is 0 Å². The number of nitrogens with zero attached hydrogens (tertiary/aromatic N) is 2. The second-order valence-electron chi connectivity index (χ2n) is 7.60. The Morgan fingerprint density at radius 2 is 1.76 bits per heavy atom. The predicted octanol–water partition coefficient (Wildman–Crippen LogP) is 4.94. The highest BCUT2D eigenvalue weighted by Gasteiger charge is 2.23. The summed E-state index contributed by atoms with van der Waals surface area (Å²) in [5.41, 5.74) is 2.01. The second-order valence-corrected chi connectivity index (χ2v) is 8.44. The number of anilines is 2. The van der Waals surface area contributed by atoms with Gasteiger partial charge in [-0.3, -0.25) is 9.59 Å². The van der Waals surface area contributed by atoms with Crippen LogP contribution in [0.25, 0.3) is 0 Å². The van der Waals surface area contributed by atoms with Crippen molar-refractivity contribution < 1.29 is 9.59 Å². The molecule has 0 radical (unpaired) electrons. The van der Waals surface area contributed by atoms with Gasteiger partial charge in [0.15, 0.2) is 0 Å². The molecule has 1 aliphatic rings. The fraction of sp³-hybridized carbons (Fsp3) is 0.364. The van der Waals surface area contributed by atoms with Gasteiger partial charge in [0.1, 0.15) is 0 Å². The van der Waals surface area contributed by atoms with Gasteiger partial charge in [-0.05, 0) is 42.3 Å². The highest BCUT2D eigenvalue weighted by Crippen LogP contribution is 2.30. The molecule has 0 spiro atoms. The third-order valence-electron chi connectivity index (χ3n) is 4.85. The number of hydrogen-bond donors (Lipinski definition) is 1. The summed E-state index contributed by atoms with van der Waals surface area (Å²) < 4.78 is 0. The molecule has 0 unspecified atom stereocenters. The monoisotopic (exact) mass is 433 g/mol. The van der Waals surface area contributed by atoms with E-state index in [4.69, 9.17) is 23.2 Å². The summed E-state index contributed by atoms with van der Waals surface area (Å²) in [5.74, 6) is 0.336. The number of nitrogens with one attached hydrogen (secondary N) is 1. The molecule has 0 saturated carbocycles. The Balaban J connectivity index is 1.61. The first-order valence-electron chi connectivity index (χ1n) is 9.72. The predicted molar refractivity (Wildman–Crippen MR) is 119 cm³/mol. The van der Waals surface area contributed by atoms with Crippen LogP contribution in [0.15, 0.2) is 42.5 Å². The van der Waals surface area contributed by atoms with Crippen molar-refractivity contribution in [3.63, 3.8) is 0 Å². The van der Waals surface area contributed by atoms with Crippen LogP contribution >= 0.6 is 23.2 Å². The zero-order valence-electron chi connectivity index (χ0n) is 16.6. The average molecular weight is 434 g/mol. The molecule has 3 rings (SSSR count). The van der Waals surface area contributed by atoms with Gasteiger partial charge in [-0.1, -0.05) is 43.1 Å². The van der Waals surface area contributed by atoms with Crippen molar-refractivity contribution in [3.05, 3.63) is 58.1 Å². The van der Waals surface area contributed by atoms with Crippen molar-refractivity contribution >= 4 is 46.4 Å². The molecule has 0 aliphatic carbocycles. The topological polar surface area (TPSA) is 52.7 Å². The Hall–Kier alpha value is -2.24. The number of hydrogen-bond acceptors (Lipinski definition) is 3. The Morgan fingerprint density at radius 1 is 1.03 bits per heavy atom. The summed E-state index contributed by atoms with van der Waals surface area (Å²) in [4.78, 5) is 28.7. The Bertz CT molecular complexity index is 893. The van der Waals surface area contributed by atoms with E-state index in [0.29, 0.717) is 46.7 Å². The number of halogens is 2. The number of carbonyl (C=O) groups excluding carboxylic acids is 2. The molecule has 2 aromatic carbocycles. The van der Waals surface area contributed by atoms with Crippen LogP contribution in [0.4, 0.5) is 11.4 Å². The minimum atomic E-state index is -0.242. The van der Waals surface area contributed by atoms with E-state index >= 15 is 0 Å². The normalized spacial score (nSPS) is 14.2. The van der Waals surface area contributed by atoms with E-state index in [1.165, 1.54) is 0 Å². The highest BCUT2D eigenvalue weighted by molar-refractivity contribution is 6.33. The first-order chi connectivity index (χ1) is 13.8. The van der Waals surface area contributed by atoms with Gasteiger partial charge in [-0.15, -0.1) is 0 Å². The zero-order chi connectivity index (χ0) is 21.0. The van der Waals surface area contributed by atoms with E-state index in [1.54, 1.807) is 30.3 Å². The Morgan fingerprint density at radius 3 is 2.38 bits per heavy atom. The second kappa shape index (κ2) is 9.51. The van der Waals surface area contributed by atoms with Gasteiger partial charge >= 0.3 is 0 Å². The molecule has 0 aromatic heterocycles. The van der Waals surface area contributed by atoms with Crippen LogP contribution in [0, 0.1) is 5.92 Å². The van der Waals surface area contributed by atoms with E-state index in [-0.39, 0.29) is 11.8 Å². The molecule has 5 nitrogen and oxygen atoms in total. The van der Waals surface area contributed by atoms with Crippen molar-refractivity contribution in [1.82, 2.24) is 4.90 Å². The van der Waals surface area contributed by atoms with Crippen LogP contribution in [0.2, 0.25) is 10.0 Å². The molecule has 1 saturated heterocycles. The lowest BCUT2D eigenvalue weighted by molar-refractivity contribution is -0.132. The molecule has 1 fully saturated rings. The molecule has 1 aliphatic heterocycles. The number of benzene rings is 2. The summed E-state index contributed by atoms with van der Waals surface area (Å²) >= 11 is 12.4. The maximum atomic E-state index is 12.4. The molecule has 1 N–H and O–H groups in total. The van der Waals surface area contributed by atoms with E-state index in [9.17, 15) is 9.59 Å². The molecule has 2 aromatic rings. The first-order valence-corrected chi connectivity index (χ1v) is 10.5. The molecule has 0 bridgehead atoms. The molecule has 154 valence electrons. The minimum absolute atomic E-state index is 0.213. The summed E-state index contributed by atoms with van der Waals surface area (Å²) in [6, 6.07) is 12.3. The molecule has 29 heavy (non-hydrogen) atoms. The number of piperazine rings is 1. The molecular formula is C22H25Cl2N3O2. The van der Waals surface area contributed by atoms with Crippen LogP contribution in [-0.4, -0.2) is 42.9 Å². The van der Waals surface area contributed by atoms with Gasteiger partial charge < -0.3 is 15.1 Å². The zero-order valence-corrected chi connectivity index (χ0v) is 18.1. The first kappa shape index (κ1) is 21.5. The van der Waals surface area contributed by atoms with Crippen molar-refractivity contribution in [2.45, 2.75) is 20.3 Å². The number of rotatable bonds is 5. The van der Waals surface area contributed by atoms with Crippen LogP contribution in [-0.2, 0) is 4.79 Å². The molecule has 2 amide bonds. The van der Waals surface area contributed by atoms with E-state index in [1.807, 2.05) is 17.0 Å². The highest BCUT2D eigenvalue weighted by atomic mass is 35.5. The quantitative estimate of drug-likeness (QED) is 0.725. The molecular weight excluding hydrogens is 409 g/mol. The van der Waals surface area contributed by atoms with Gasteiger partial charge in [-0.25, -0.2) is 0 Å². The van der Waals surface area contributed by atoms with E-state index in [0.717, 1.165) is 18.8 Å². The Kier molecular flexibility index (Phi) is 7.04. The van der Waals surface area contributed by atoms with Crippen LogP contribution in [0.5, 0.6) is 0 Å². The molecule has 0 atom stereocenters. The lowest BCUT2D eigenvalue weighted by atomic mass is 10.1. The largest absolute Gasteiger partial charge is 0.367 e. The smallest absolute Gasteiger partial charge is 0.255 e. The third kappa shape index (κ3) is 5.64. The average Bonchev–Trinajstić information content (AvgIpc) is 2.68. The maximum absolute atomic E-state index is 12.4. The number of carbonyl (C=O) groups is 2.